The number of benzene rings is 1. The van der Waals surface area contributed by atoms with Gasteiger partial charge in [-0.15, -0.1) is 0 Å². The number of likely N-dealkylation sites (N-methyl/N-ethyl adjacent to an activating group) is 1. The molecule has 130 valence electrons. The molecule has 0 radical (unpaired) electrons. The minimum Gasteiger partial charge on any atom is -0.378 e. The van der Waals surface area contributed by atoms with Gasteiger partial charge in [0, 0.05) is 32.4 Å². The number of alkyl halides is 3. The van der Waals surface area contributed by atoms with E-state index >= 15 is 0 Å². The molecule has 1 aromatic carbocycles. The maximum Gasteiger partial charge on any atom is 0.416 e. The van der Waals surface area contributed by atoms with Crippen molar-refractivity contribution in [2.45, 2.75) is 12.7 Å². The molecule has 1 aromatic heterocycles. The van der Waals surface area contributed by atoms with Crippen LogP contribution in [0.25, 0.3) is 0 Å². The lowest BCUT2D eigenvalue weighted by molar-refractivity contribution is -0.137. The number of imidazole rings is 1. The predicted molar refractivity (Wildman–Crippen MR) is 87.1 cm³/mol. The minimum atomic E-state index is -4.36. The SMILES string of the molecule is CN1CCN(c2ccc(C(F)(F)F)cc2NCc2cnc[nH]2)CC1. The monoisotopic (exact) mass is 339 g/mol. The molecule has 0 atom stereocenters. The Kier molecular flexibility index (Phi) is 4.66. The van der Waals surface area contributed by atoms with Crippen LogP contribution < -0.4 is 10.2 Å². The standard InChI is InChI=1S/C16H20F3N5/c1-23-4-6-24(7-5-23)15-3-2-12(16(17,18)19)8-14(15)21-10-13-9-20-11-22-13/h2-3,8-9,11,21H,4-7,10H2,1H3,(H,20,22). The molecule has 0 bridgehead atoms. The number of nitrogens with one attached hydrogen (secondary N) is 2. The van der Waals surface area contributed by atoms with E-state index in [0.29, 0.717) is 12.2 Å². The van der Waals surface area contributed by atoms with E-state index in [1.807, 2.05) is 7.05 Å². The first-order valence-corrected chi connectivity index (χ1v) is 7.79. The van der Waals surface area contributed by atoms with E-state index in [1.54, 1.807) is 18.6 Å². The van der Waals surface area contributed by atoms with Crippen LogP contribution >= 0.6 is 0 Å². The Labute approximate surface area is 138 Å². The average Bonchev–Trinajstić information content (AvgIpc) is 3.06. The number of aromatic nitrogens is 2. The van der Waals surface area contributed by atoms with Crippen LogP contribution in [0.4, 0.5) is 24.5 Å². The van der Waals surface area contributed by atoms with Crippen LogP contribution in [0.3, 0.4) is 0 Å². The quantitative estimate of drug-likeness (QED) is 0.899. The van der Waals surface area contributed by atoms with E-state index < -0.39 is 11.7 Å². The molecule has 2 heterocycles. The van der Waals surface area contributed by atoms with E-state index in [1.165, 1.54) is 6.07 Å². The number of rotatable bonds is 4. The van der Waals surface area contributed by atoms with E-state index in [0.717, 1.165) is 43.6 Å². The maximum atomic E-state index is 13.0. The van der Waals surface area contributed by atoms with Crippen LogP contribution in [-0.4, -0.2) is 48.1 Å². The number of hydrogen-bond acceptors (Lipinski definition) is 4. The Morgan fingerprint density at radius 2 is 1.96 bits per heavy atom. The Morgan fingerprint density at radius 3 is 2.58 bits per heavy atom. The normalized spacial score (nSPS) is 16.4. The number of H-pyrrole nitrogens is 1. The lowest BCUT2D eigenvalue weighted by Gasteiger charge is -2.35. The van der Waals surface area contributed by atoms with Gasteiger partial charge >= 0.3 is 6.18 Å². The third-order valence-electron chi connectivity index (χ3n) is 4.19. The molecule has 5 nitrogen and oxygen atoms in total. The van der Waals surface area contributed by atoms with E-state index in [-0.39, 0.29) is 0 Å². The van der Waals surface area contributed by atoms with Gasteiger partial charge in [0.15, 0.2) is 0 Å². The maximum absolute atomic E-state index is 13.0. The number of halogens is 3. The summed E-state index contributed by atoms with van der Waals surface area (Å²) >= 11 is 0. The molecule has 1 fully saturated rings. The first kappa shape index (κ1) is 16.6. The zero-order valence-corrected chi connectivity index (χ0v) is 13.4. The van der Waals surface area contributed by atoms with Crippen molar-refractivity contribution in [3.8, 4) is 0 Å². The van der Waals surface area contributed by atoms with Crippen LogP contribution in [0.15, 0.2) is 30.7 Å². The van der Waals surface area contributed by atoms with Crippen LogP contribution in [0, 0.1) is 0 Å². The molecule has 1 saturated heterocycles. The first-order valence-electron chi connectivity index (χ1n) is 7.79. The van der Waals surface area contributed by atoms with Gasteiger partial charge < -0.3 is 20.1 Å². The Bertz CT molecular complexity index is 661. The smallest absolute Gasteiger partial charge is 0.378 e. The molecular weight excluding hydrogens is 319 g/mol. The highest BCUT2D eigenvalue weighted by Crippen LogP contribution is 2.36. The molecule has 3 rings (SSSR count). The lowest BCUT2D eigenvalue weighted by atomic mass is 10.1. The molecule has 2 aromatic rings. The summed E-state index contributed by atoms with van der Waals surface area (Å²) in [4.78, 5) is 11.2. The van der Waals surface area contributed by atoms with Gasteiger partial charge in [-0.1, -0.05) is 0 Å². The molecule has 2 N–H and O–H groups in total. The number of aromatic amines is 1. The van der Waals surface area contributed by atoms with Crippen molar-refractivity contribution in [3.63, 3.8) is 0 Å². The highest BCUT2D eigenvalue weighted by molar-refractivity contribution is 5.71. The second-order valence-corrected chi connectivity index (χ2v) is 5.95. The average molecular weight is 339 g/mol. The first-order chi connectivity index (χ1) is 11.4. The van der Waals surface area contributed by atoms with Gasteiger partial charge in [-0.25, -0.2) is 4.98 Å². The summed E-state index contributed by atoms with van der Waals surface area (Å²) in [5, 5.41) is 3.11. The van der Waals surface area contributed by atoms with Gasteiger partial charge in [-0.2, -0.15) is 13.2 Å². The minimum absolute atomic E-state index is 0.391. The summed E-state index contributed by atoms with van der Waals surface area (Å²) in [6.45, 7) is 3.76. The van der Waals surface area contributed by atoms with Crippen molar-refractivity contribution in [1.29, 1.82) is 0 Å². The fourth-order valence-electron chi connectivity index (χ4n) is 2.75. The molecule has 0 unspecified atom stereocenters. The van der Waals surface area contributed by atoms with Crippen LogP contribution in [-0.2, 0) is 12.7 Å². The summed E-state index contributed by atoms with van der Waals surface area (Å²) < 4.78 is 39.1. The van der Waals surface area contributed by atoms with E-state index in [2.05, 4.69) is 25.1 Å². The van der Waals surface area contributed by atoms with E-state index in [9.17, 15) is 13.2 Å². The summed E-state index contributed by atoms with van der Waals surface area (Å²) in [6.07, 6.45) is -1.16. The number of hydrogen-bond donors (Lipinski definition) is 2. The fourth-order valence-corrected chi connectivity index (χ4v) is 2.75. The lowest BCUT2D eigenvalue weighted by Crippen LogP contribution is -2.44. The third kappa shape index (κ3) is 3.81. The number of nitrogens with zero attached hydrogens (tertiary/aromatic N) is 3. The Balaban J connectivity index is 1.85. The van der Waals surface area contributed by atoms with Crippen molar-refractivity contribution >= 4 is 11.4 Å². The molecule has 1 aliphatic rings. The topological polar surface area (TPSA) is 47.2 Å². The van der Waals surface area contributed by atoms with Gasteiger partial charge in [0.2, 0.25) is 0 Å². The second-order valence-electron chi connectivity index (χ2n) is 5.95. The molecule has 0 spiro atoms. The number of anilines is 2. The highest BCUT2D eigenvalue weighted by atomic mass is 19.4. The van der Waals surface area contributed by atoms with Gasteiger partial charge in [0.1, 0.15) is 0 Å². The largest absolute Gasteiger partial charge is 0.416 e. The van der Waals surface area contributed by atoms with Crippen molar-refractivity contribution < 1.29 is 13.2 Å². The zero-order valence-electron chi connectivity index (χ0n) is 13.4. The predicted octanol–water partition coefficient (Wildman–Crippen LogP) is 2.79. The van der Waals surface area contributed by atoms with Crippen molar-refractivity contribution in [3.05, 3.63) is 42.0 Å². The second kappa shape index (κ2) is 6.72. The summed E-state index contributed by atoms with van der Waals surface area (Å²) in [7, 11) is 2.04. The molecule has 0 amide bonds. The summed E-state index contributed by atoms with van der Waals surface area (Å²) in [5.74, 6) is 0. The van der Waals surface area contributed by atoms with Crippen molar-refractivity contribution in [2.75, 3.05) is 43.4 Å². The van der Waals surface area contributed by atoms with Crippen LogP contribution in [0.5, 0.6) is 0 Å². The van der Waals surface area contributed by atoms with E-state index in [4.69, 9.17) is 0 Å². The molecule has 1 aliphatic heterocycles. The van der Waals surface area contributed by atoms with Gasteiger partial charge in [-0.3, -0.25) is 0 Å². The molecule has 0 aliphatic carbocycles. The molecular formula is C16H20F3N5. The summed E-state index contributed by atoms with van der Waals surface area (Å²) in [6, 6.07) is 3.89. The van der Waals surface area contributed by atoms with Gasteiger partial charge in [-0.05, 0) is 25.2 Å². The molecule has 24 heavy (non-hydrogen) atoms. The Morgan fingerprint density at radius 1 is 1.21 bits per heavy atom. The molecule has 0 saturated carbocycles. The van der Waals surface area contributed by atoms with Gasteiger partial charge in [0.05, 0.1) is 35.5 Å². The fraction of sp³-hybridized carbons (Fsp3) is 0.438. The van der Waals surface area contributed by atoms with Crippen molar-refractivity contribution in [2.24, 2.45) is 0 Å². The third-order valence-corrected chi connectivity index (χ3v) is 4.19. The van der Waals surface area contributed by atoms with Crippen LogP contribution in [0.1, 0.15) is 11.3 Å². The number of piperazine rings is 1. The van der Waals surface area contributed by atoms with Crippen LogP contribution in [0.2, 0.25) is 0 Å². The summed E-state index contributed by atoms with van der Waals surface area (Å²) in [5.41, 5.74) is 1.46. The zero-order chi connectivity index (χ0) is 17.2. The van der Waals surface area contributed by atoms with Gasteiger partial charge in [0.25, 0.3) is 0 Å². The highest BCUT2D eigenvalue weighted by Gasteiger charge is 2.31. The van der Waals surface area contributed by atoms with Crippen molar-refractivity contribution in [1.82, 2.24) is 14.9 Å². The Hall–Kier alpha value is -2.22. The molecule has 8 heteroatoms.